The third kappa shape index (κ3) is 3.24. The molecular formula is C16H24N4O. The molecule has 21 heavy (non-hydrogen) atoms. The molecular weight excluding hydrogens is 264 g/mol. The highest BCUT2D eigenvalue weighted by Gasteiger charge is 2.20. The minimum atomic E-state index is -0.0530. The number of nitrogens with two attached hydrogens (primary N) is 1. The van der Waals surface area contributed by atoms with Gasteiger partial charge in [-0.05, 0) is 18.4 Å². The van der Waals surface area contributed by atoms with Crippen LogP contribution in [0, 0.1) is 5.92 Å². The minimum absolute atomic E-state index is 0.0530. The number of rotatable bonds is 5. The molecule has 1 aromatic carbocycles. The van der Waals surface area contributed by atoms with Gasteiger partial charge in [-0.25, -0.2) is 0 Å². The molecule has 0 radical (unpaired) electrons. The van der Waals surface area contributed by atoms with Gasteiger partial charge < -0.3 is 10.6 Å². The van der Waals surface area contributed by atoms with Crippen molar-refractivity contribution in [3.8, 4) is 0 Å². The number of fused-ring (bicyclic) bond motifs is 1. The van der Waals surface area contributed by atoms with Crippen LogP contribution in [0.4, 0.5) is 0 Å². The van der Waals surface area contributed by atoms with Crippen LogP contribution in [-0.2, 0) is 7.05 Å². The summed E-state index contributed by atoms with van der Waals surface area (Å²) in [5, 5.41) is 5.26. The van der Waals surface area contributed by atoms with E-state index in [1.54, 1.807) is 16.6 Å². The zero-order chi connectivity index (χ0) is 15.6. The highest BCUT2D eigenvalue weighted by atomic mass is 16.2. The van der Waals surface area contributed by atoms with Gasteiger partial charge in [-0.3, -0.25) is 9.48 Å². The van der Waals surface area contributed by atoms with Crippen molar-refractivity contribution < 1.29 is 4.79 Å². The van der Waals surface area contributed by atoms with Crippen LogP contribution in [-0.4, -0.2) is 40.2 Å². The predicted molar refractivity (Wildman–Crippen MR) is 85.1 cm³/mol. The van der Waals surface area contributed by atoms with E-state index in [-0.39, 0.29) is 11.9 Å². The fourth-order valence-electron chi connectivity index (χ4n) is 2.33. The Kier molecular flexibility index (Phi) is 4.63. The largest absolute Gasteiger partial charge is 0.340 e. The third-order valence-corrected chi connectivity index (χ3v) is 3.96. The maximum atomic E-state index is 12.6. The standard InChI is InChI=1S/C16H24N4O/c1-11(2)13(17)9-10-19(3)16(21)15-12-7-5-6-8-14(12)20(4)18-15/h5-8,11,13H,9-10,17H2,1-4H3. The van der Waals surface area contributed by atoms with E-state index >= 15 is 0 Å². The average Bonchev–Trinajstić information content (AvgIpc) is 2.81. The molecule has 0 bridgehead atoms. The molecule has 2 N–H and O–H groups in total. The number of nitrogens with zero attached hydrogens (tertiary/aromatic N) is 3. The van der Waals surface area contributed by atoms with Gasteiger partial charge >= 0.3 is 0 Å². The van der Waals surface area contributed by atoms with Gasteiger partial charge in [0.25, 0.3) is 5.91 Å². The lowest BCUT2D eigenvalue weighted by Crippen LogP contribution is -2.34. The molecule has 0 aliphatic carbocycles. The molecule has 5 nitrogen and oxygen atoms in total. The van der Waals surface area contributed by atoms with Crippen LogP contribution in [0.3, 0.4) is 0 Å². The van der Waals surface area contributed by atoms with Gasteiger partial charge in [0, 0.05) is 32.1 Å². The minimum Gasteiger partial charge on any atom is -0.340 e. The van der Waals surface area contributed by atoms with Crippen molar-refractivity contribution in [2.24, 2.45) is 18.7 Å². The second kappa shape index (κ2) is 6.26. The Morgan fingerprint density at radius 3 is 2.71 bits per heavy atom. The van der Waals surface area contributed by atoms with Crippen LogP contribution in [0.15, 0.2) is 24.3 Å². The molecule has 0 saturated carbocycles. The molecule has 0 aliphatic heterocycles. The first-order valence-electron chi connectivity index (χ1n) is 7.34. The van der Waals surface area contributed by atoms with Gasteiger partial charge in [-0.15, -0.1) is 0 Å². The maximum Gasteiger partial charge on any atom is 0.274 e. The quantitative estimate of drug-likeness (QED) is 0.915. The summed E-state index contributed by atoms with van der Waals surface area (Å²) in [5.74, 6) is 0.368. The molecule has 1 atom stereocenters. The molecule has 0 spiro atoms. The van der Waals surface area contributed by atoms with Crippen molar-refractivity contribution in [2.45, 2.75) is 26.3 Å². The van der Waals surface area contributed by atoms with Crippen molar-refractivity contribution in [2.75, 3.05) is 13.6 Å². The number of hydrogen-bond donors (Lipinski definition) is 1. The monoisotopic (exact) mass is 288 g/mol. The van der Waals surface area contributed by atoms with Crippen molar-refractivity contribution in [1.29, 1.82) is 0 Å². The van der Waals surface area contributed by atoms with E-state index in [4.69, 9.17) is 5.73 Å². The van der Waals surface area contributed by atoms with Crippen LogP contribution in [0.1, 0.15) is 30.8 Å². The van der Waals surface area contributed by atoms with Crippen molar-refractivity contribution in [3.05, 3.63) is 30.0 Å². The summed E-state index contributed by atoms with van der Waals surface area (Å²) in [4.78, 5) is 14.3. The predicted octanol–water partition coefficient (Wildman–Crippen LogP) is 2.02. The molecule has 5 heteroatoms. The highest BCUT2D eigenvalue weighted by Crippen LogP contribution is 2.18. The third-order valence-electron chi connectivity index (χ3n) is 3.96. The average molecular weight is 288 g/mol. The summed E-state index contributed by atoms with van der Waals surface area (Å²) in [6, 6.07) is 7.89. The Balaban J connectivity index is 2.15. The zero-order valence-corrected chi connectivity index (χ0v) is 13.2. The number of aromatic nitrogens is 2. The topological polar surface area (TPSA) is 64.2 Å². The summed E-state index contributed by atoms with van der Waals surface area (Å²) in [6.07, 6.45) is 0.796. The number of hydrogen-bond acceptors (Lipinski definition) is 3. The second-order valence-corrected chi connectivity index (χ2v) is 5.91. The number of carbonyl (C=O) groups excluding carboxylic acids is 1. The van der Waals surface area contributed by atoms with E-state index in [1.807, 2.05) is 31.3 Å². The van der Waals surface area contributed by atoms with Gasteiger partial charge in [-0.1, -0.05) is 32.0 Å². The van der Waals surface area contributed by atoms with Crippen LogP contribution in [0.25, 0.3) is 10.9 Å². The van der Waals surface area contributed by atoms with Crippen molar-refractivity contribution in [1.82, 2.24) is 14.7 Å². The highest BCUT2D eigenvalue weighted by molar-refractivity contribution is 6.04. The van der Waals surface area contributed by atoms with Gasteiger partial charge in [0.1, 0.15) is 0 Å². The van der Waals surface area contributed by atoms with Crippen molar-refractivity contribution in [3.63, 3.8) is 0 Å². The van der Waals surface area contributed by atoms with Gasteiger partial charge in [0.05, 0.1) is 5.52 Å². The number of amides is 1. The van der Waals surface area contributed by atoms with Gasteiger partial charge in [0.2, 0.25) is 0 Å². The van der Waals surface area contributed by atoms with Crippen LogP contribution < -0.4 is 5.73 Å². The molecule has 1 aromatic heterocycles. The smallest absolute Gasteiger partial charge is 0.274 e. The lowest BCUT2D eigenvalue weighted by Gasteiger charge is -2.21. The lowest BCUT2D eigenvalue weighted by molar-refractivity contribution is 0.0784. The maximum absolute atomic E-state index is 12.6. The van der Waals surface area contributed by atoms with Gasteiger partial charge in [-0.2, -0.15) is 5.10 Å². The summed E-state index contributed by atoms with van der Waals surface area (Å²) >= 11 is 0. The van der Waals surface area contributed by atoms with E-state index in [1.165, 1.54) is 0 Å². The number of benzene rings is 1. The number of aryl methyl sites for hydroxylation is 1. The van der Waals surface area contributed by atoms with Crippen molar-refractivity contribution >= 4 is 16.8 Å². The van der Waals surface area contributed by atoms with E-state index in [9.17, 15) is 4.79 Å². The van der Waals surface area contributed by atoms with E-state index < -0.39 is 0 Å². The van der Waals surface area contributed by atoms with E-state index in [0.29, 0.717) is 18.2 Å². The second-order valence-electron chi connectivity index (χ2n) is 5.91. The Bertz CT molecular complexity index is 632. The molecule has 2 aromatic rings. The first-order valence-corrected chi connectivity index (χ1v) is 7.34. The normalized spacial score (nSPS) is 12.9. The Morgan fingerprint density at radius 2 is 2.05 bits per heavy atom. The Labute approximate surface area is 125 Å². The molecule has 0 saturated heterocycles. The summed E-state index contributed by atoms with van der Waals surface area (Å²) in [6.45, 7) is 4.83. The zero-order valence-electron chi connectivity index (χ0n) is 13.2. The molecule has 1 unspecified atom stereocenters. The molecule has 0 aliphatic rings. The molecule has 1 heterocycles. The molecule has 2 rings (SSSR count). The Morgan fingerprint density at radius 1 is 1.38 bits per heavy atom. The number of para-hydroxylation sites is 1. The van der Waals surface area contributed by atoms with Gasteiger partial charge in [0.15, 0.2) is 5.69 Å². The van der Waals surface area contributed by atoms with Crippen LogP contribution in [0.2, 0.25) is 0 Å². The SMILES string of the molecule is CC(C)C(N)CCN(C)C(=O)c1nn(C)c2ccccc12. The summed E-state index contributed by atoms with van der Waals surface area (Å²) in [5.41, 5.74) is 7.51. The van der Waals surface area contributed by atoms with E-state index in [0.717, 1.165) is 17.3 Å². The lowest BCUT2D eigenvalue weighted by atomic mass is 10.0. The van der Waals surface area contributed by atoms with Crippen LogP contribution in [0.5, 0.6) is 0 Å². The van der Waals surface area contributed by atoms with E-state index in [2.05, 4.69) is 18.9 Å². The molecule has 1 amide bonds. The first-order chi connectivity index (χ1) is 9.91. The first kappa shape index (κ1) is 15.5. The van der Waals surface area contributed by atoms with Crippen LogP contribution >= 0.6 is 0 Å². The molecule has 114 valence electrons. The number of carbonyl (C=O) groups is 1. The fourth-order valence-corrected chi connectivity index (χ4v) is 2.33. The molecule has 0 fully saturated rings. The fraction of sp³-hybridized carbons (Fsp3) is 0.500. The summed E-state index contributed by atoms with van der Waals surface area (Å²) < 4.78 is 1.75. The Hall–Kier alpha value is -1.88. The summed E-state index contributed by atoms with van der Waals surface area (Å²) in [7, 11) is 3.66.